The third-order valence-corrected chi connectivity index (χ3v) is 9.24. The van der Waals surface area contributed by atoms with Crippen molar-refractivity contribution in [1.29, 1.82) is 5.41 Å². The number of benzene rings is 1. The van der Waals surface area contributed by atoms with Crippen LogP contribution >= 0.6 is 23.2 Å². The number of amides is 4. The van der Waals surface area contributed by atoms with E-state index < -0.39 is 11.8 Å². The predicted octanol–water partition coefficient (Wildman–Crippen LogP) is 4.34. The van der Waals surface area contributed by atoms with E-state index in [2.05, 4.69) is 46.4 Å². The summed E-state index contributed by atoms with van der Waals surface area (Å²) < 4.78 is 1.81. The van der Waals surface area contributed by atoms with E-state index in [0.717, 1.165) is 16.6 Å². The van der Waals surface area contributed by atoms with Crippen molar-refractivity contribution in [2.45, 2.75) is 20.8 Å². The Kier molecular flexibility index (Phi) is 12.0. The fourth-order valence-electron chi connectivity index (χ4n) is 5.93. The van der Waals surface area contributed by atoms with E-state index >= 15 is 0 Å². The van der Waals surface area contributed by atoms with Gasteiger partial charge in [0.25, 0.3) is 23.6 Å². The van der Waals surface area contributed by atoms with Gasteiger partial charge in [0.05, 0.1) is 17.1 Å². The number of nitrogens with two attached hydrogens (primary N) is 1. The van der Waals surface area contributed by atoms with E-state index in [9.17, 15) is 19.2 Å². The van der Waals surface area contributed by atoms with Crippen LogP contribution in [0, 0.1) is 26.2 Å². The molecule has 0 fully saturated rings. The van der Waals surface area contributed by atoms with Gasteiger partial charge in [0.1, 0.15) is 22.8 Å². The highest BCUT2D eigenvalue weighted by Gasteiger charge is 2.23. The van der Waals surface area contributed by atoms with Crippen LogP contribution in [0.5, 0.6) is 0 Å². The van der Waals surface area contributed by atoms with Gasteiger partial charge in [-0.3, -0.25) is 24.6 Å². The average Bonchev–Trinajstić information content (AvgIpc) is 3.87. The lowest BCUT2D eigenvalue weighted by Crippen LogP contribution is -2.37. The Labute approximate surface area is 315 Å². The number of rotatable bonds is 15. The summed E-state index contributed by atoms with van der Waals surface area (Å²) in [5.41, 5.74) is 11.0. The molecule has 0 saturated heterocycles. The summed E-state index contributed by atoms with van der Waals surface area (Å²) in [5, 5.41) is 21.9. The Morgan fingerprint density at radius 3 is 1.70 bits per heavy atom. The summed E-state index contributed by atoms with van der Waals surface area (Å²) >= 11 is 12.0. The summed E-state index contributed by atoms with van der Waals surface area (Å²) in [6.07, 6.45) is 4.58. The van der Waals surface area contributed by atoms with Crippen molar-refractivity contribution < 1.29 is 19.2 Å². The van der Waals surface area contributed by atoms with Crippen LogP contribution in [0.2, 0.25) is 0 Å². The number of alkyl halides is 2. The van der Waals surface area contributed by atoms with Crippen LogP contribution in [0.4, 0.5) is 22.7 Å². The number of nitrogens with one attached hydrogen (secondary N) is 9. The second-order valence-electron chi connectivity index (χ2n) is 12.3. The van der Waals surface area contributed by atoms with Crippen molar-refractivity contribution in [2.24, 2.45) is 12.8 Å². The number of aryl methyl sites for hydroxylation is 1. The molecule has 16 nitrogen and oxygen atoms in total. The largest absolute Gasteiger partial charge is 0.370 e. The van der Waals surface area contributed by atoms with Crippen LogP contribution < -0.4 is 37.2 Å². The van der Waals surface area contributed by atoms with Crippen LogP contribution in [0.25, 0.3) is 10.9 Å². The van der Waals surface area contributed by atoms with Gasteiger partial charge in [-0.2, -0.15) is 0 Å². The number of halogens is 2. The number of hydrogen-bond acceptors (Lipinski definition) is 6. The van der Waals surface area contributed by atoms with Gasteiger partial charge in [0.15, 0.2) is 5.96 Å². The first-order chi connectivity index (χ1) is 25.3. The Balaban J connectivity index is 1.22. The summed E-state index contributed by atoms with van der Waals surface area (Å²) in [6.45, 7) is 6.91. The second kappa shape index (κ2) is 16.6. The Morgan fingerprint density at radius 2 is 1.21 bits per heavy atom. The molecule has 53 heavy (non-hydrogen) atoms. The second-order valence-corrected chi connectivity index (χ2v) is 13.0. The van der Waals surface area contributed by atoms with Gasteiger partial charge in [-0.1, -0.05) is 0 Å². The average molecular weight is 766 g/mol. The molecule has 280 valence electrons. The van der Waals surface area contributed by atoms with Gasteiger partial charge in [0, 0.05) is 96.9 Å². The van der Waals surface area contributed by atoms with Crippen molar-refractivity contribution in [3.8, 4) is 0 Å². The third kappa shape index (κ3) is 8.45. The molecule has 0 saturated carbocycles. The molecule has 18 heteroatoms. The molecule has 5 aromatic rings. The maximum Gasteiger partial charge on any atom is 0.272 e. The molecular weight excluding hydrogens is 723 g/mol. The smallest absolute Gasteiger partial charge is 0.272 e. The monoisotopic (exact) mass is 764 g/mol. The van der Waals surface area contributed by atoms with Gasteiger partial charge >= 0.3 is 0 Å². The SMILES string of the molecule is Cc1c(NC(=O)c2[nH]cc(NC(=O)c3[nH]cc(NC(=O)c4cc5cc(N(CCCl)CCCl)ccc5n4C)c3C)c2C)c[nH]c1C(=O)NCCNC(=N)N. The zero-order valence-corrected chi connectivity index (χ0v) is 31.2. The molecule has 1 aromatic carbocycles. The van der Waals surface area contributed by atoms with Crippen LogP contribution in [0.1, 0.15) is 58.6 Å². The number of carbonyl (C=O) groups is 4. The lowest BCUT2D eigenvalue weighted by molar-refractivity contribution is 0.0947. The summed E-state index contributed by atoms with van der Waals surface area (Å²) in [5.74, 6) is -0.949. The molecule has 5 rings (SSSR count). The standard InChI is InChI=1S/C35H42Cl2N12O4/c1-18-24(16-42-28(18)32(51)40-9-10-41-35(38)39)46-34(53)30-20(3)25(17-44-30)47-33(52)29-19(2)23(15-43-29)45-31(50)27-14-21-13-22(5-6-26(21)48(27)4)49(11-7-36)12-8-37/h5-6,13-17,42-44H,7-12H2,1-4H3,(H,40,51)(H,45,50)(H,46,53)(H,47,52)(H4,38,39,41). The Bertz CT molecular complexity index is 2170. The summed E-state index contributed by atoms with van der Waals surface area (Å²) in [4.78, 5) is 63.4. The number of anilines is 4. The minimum absolute atomic E-state index is 0.195. The maximum absolute atomic E-state index is 13.5. The van der Waals surface area contributed by atoms with Gasteiger partial charge < -0.3 is 56.7 Å². The normalized spacial score (nSPS) is 11.0. The van der Waals surface area contributed by atoms with E-state index in [4.69, 9.17) is 34.3 Å². The molecule has 0 unspecified atom stereocenters. The van der Waals surface area contributed by atoms with Crippen LogP contribution in [-0.2, 0) is 7.05 Å². The number of carbonyl (C=O) groups excluding carboxylic acids is 4. The quantitative estimate of drug-likeness (QED) is 0.0320. The molecule has 11 N–H and O–H groups in total. The van der Waals surface area contributed by atoms with E-state index in [1.807, 2.05) is 35.9 Å². The number of aromatic nitrogens is 4. The number of aromatic amines is 3. The highest BCUT2D eigenvalue weighted by atomic mass is 35.5. The molecular formula is C35H42Cl2N12O4. The van der Waals surface area contributed by atoms with Crippen LogP contribution in [-0.4, -0.2) is 87.0 Å². The summed E-state index contributed by atoms with van der Waals surface area (Å²) in [7, 11) is 1.82. The molecule has 0 aliphatic carbocycles. The molecule has 0 radical (unpaired) electrons. The minimum atomic E-state index is -0.476. The Morgan fingerprint density at radius 1 is 0.736 bits per heavy atom. The minimum Gasteiger partial charge on any atom is -0.370 e. The lowest BCUT2D eigenvalue weighted by Gasteiger charge is -2.22. The van der Waals surface area contributed by atoms with E-state index in [-0.39, 0.29) is 47.9 Å². The molecule has 4 amide bonds. The first-order valence-corrected chi connectivity index (χ1v) is 17.7. The number of nitrogens with zero attached hydrogens (tertiary/aromatic N) is 2. The molecule has 0 aliphatic heterocycles. The first-order valence-electron chi connectivity index (χ1n) is 16.6. The molecule has 4 aromatic heterocycles. The number of guanidine groups is 1. The van der Waals surface area contributed by atoms with Crippen LogP contribution in [0.3, 0.4) is 0 Å². The number of fused-ring (bicyclic) bond motifs is 1. The summed E-state index contributed by atoms with van der Waals surface area (Å²) in [6, 6.07) is 7.76. The van der Waals surface area contributed by atoms with Crippen molar-refractivity contribution in [3.05, 3.63) is 82.3 Å². The van der Waals surface area contributed by atoms with Gasteiger partial charge in [-0.25, -0.2) is 0 Å². The van der Waals surface area contributed by atoms with Gasteiger partial charge in [-0.15, -0.1) is 23.2 Å². The van der Waals surface area contributed by atoms with E-state index in [0.29, 0.717) is 64.3 Å². The molecule has 0 spiro atoms. The molecule has 0 aliphatic rings. The van der Waals surface area contributed by atoms with Gasteiger partial charge in [-0.05, 0) is 45.0 Å². The highest BCUT2D eigenvalue weighted by molar-refractivity contribution is 6.18. The van der Waals surface area contributed by atoms with Crippen molar-refractivity contribution >= 4 is 86.4 Å². The molecule has 4 heterocycles. The zero-order chi connectivity index (χ0) is 38.4. The molecule has 0 bridgehead atoms. The topological polar surface area (TPSA) is 234 Å². The number of H-pyrrole nitrogens is 3. The third-order valence-electron chi connectivity index (χ3n) is 8.90. The Hall–Kier alpha value is -5.87. The predicted molar refractivity (Wildman–Crippen MR) is 209 cm³/mol. The zero-order valence-electron chi connectivity index (χ0n) is 29.6. The fourth-order valence-corrected chi connectivity index (χ4v) is 6.33. The van der Waals surface area contributed by atoms with E-state index in [1.54, 1.807) is 27.0 Å². The number of hydrogen-bond donors (Lipinski definition) is 10. The highest BCUT2D eigenvalue weighted by Crippen LogP contribution is 2.28. The van der Waals surface area contributed by atoms with Crippen molar-refractivity contribution in [3.63, 3.8) is 0 Å². The van der Waals surface area contributed by atoms with Crippen LogP contribution in [0.15, 0.2) is 42.9 Å². The first kappa shape index (κ1) is 38.4. The van der Waals surface area contributed by atoms with Crippen molar-refractivity contribution in [2.75, 3.05) is 58.8 Å². The lowest BCUT2D eigenvalue weighted by atomic mass is 10.2. The van der Waals surface area contributed by atoms with Gasteiger partial charge in [0.2, 0.25) is 0 Å². The van der Waals surface area contributed by atoms with E-state index in [1.165, 1.54) is 12.4 Å². The fraction of sp³-hybridized carbons (Fsp3) is 0.286. The molecule has 0 atom stereocenters. The van der Waals surface area contributed by atoms with Crippen molar-refractivity contribution in [1.82, 2.24) is 30.2 Å². The maximum atomic E-state index is 13.5.